The summed E-state index contributed by atoms with van der Waals surface area (Å²) in [5.74, 6) is -0.152. The summed E-state index contributed by atoms with van der Waals surface area (Å²) in [7, 11) is 0. The monoisotopic (exact) mass is 874 g/mol. The van der Waals surface area contributed by atoms with Crippen LogP contribution in [0.1, 0.15) is 309 Å². The SMILES string of the molecule is CCCCCCCCCCCCC/C=C/CC/C=C/CCCC(O)C(O)C(CO)NC(=O)CCCCCCCCCCCCCCCCCCCCCCCCCCCCCC. The van der Waals surface area contributed by atoms with Gasteiger partial charge in [-0.05, 0) is 51.4 Å². The van der Waals surface area contributed by atoms with Crippen LogP contribution in [-0.4, -0.2) is 46.1 Å². The third-order valence-electron chi connectivity index (χ3n) is 13.3. The van der Waals surface area contributed by atoms with E-state index in [1.54, 1.807) is 0 Å². The third kappa shape index (κ3) is 46.8. The lowest BCUT2D eigenvalue weighted by Crippen LogP contribution is -2.50. The summed E-state index contributed by atoms with van der Waals surface area (Å²) in [5.41, 5.74) is 0. The van der Waals surface area contributed by atoms with Crippen molar-refractivity contribution in [1.29, 1.82) is 0 Å². The van der Waals surface area contributed by atoms with Crippen LogP contribution < -0.4 is 5.32 Å². The minimum absolute atomic E-state index is 0.152. The summed E-state index contributed by atoms with van der Waals surface area (Å²) in [6, 6.07) is -0.830. The van der Waals surface area contributed by atoms with E-state index in [1.807, 2.05) is 0 Å². The highest BCUT2D eigenvalue weighted by molar-refractivity contribution is 5.76. The van der Waals surface area contributed by atoms with Gasteiger partial charge in [0, 0.05) is 6.42 Å². The van der Waals surface area contributed by atoms with Gasteiger partial charge in [0.05, 0.1) is 18.8 Å². The Kier molecular flexibility index (Phi) is 51.5. The molecule has 5 nitrogen and oxygen atoms in total. The van der Waals surface area contributed by atoms with Crippen LogP contribution in [0.15, 0.2) is 24.3 Å². The van der Waals surface area contributed by atoms with Crippen LogP contribution in [0.25, 0.3) is 0 Å². The Morgan fingerprint density at radius 2 is 0.661 bits per heavy atom. The molecule has 62 heavy (non-hydrogen) atoms. The standard InChI is InChI=1S/C57H111NO4/c1-3-5-7-9-11-13-15-17-19-21-23-25-26-27-28-29-30-31-32-34-36-38-40-42-44-46-48-50-52-56(61)58-54(53-59)57(62)55(60)51-49-47-45-43-41-39-37-35-33-24-22-20-18-16-14-12-10-8-6-4-2/h35,37,43,45,54-55,57,59-60,62H,3-34,36,38-42,44,46-53H2,1-2H3,(H,58,61)/b37-35+,45-43+. The second kappa shape index (κ2) is 52.5. The zero-order valence-corrected chi connectivity index (χ0v) is 42.0. The maximum Gasteiger partial charge on any atom is 0.220 e. The number of aliphatic hydroxyl groups is 3. The highest BCUT2D eigenvalue weighted by atomic mass is 16.3. The Hall–Kier alpha value is -1.17. The van der Waals surface area contributed by atoms with Gasteiger partial charge < -0.3 is 20.6 Å². The molecule has 3 unspecified atom stereocenters. The Bertz CT molecular complexity index is 920. The van der Waals surface area contributed by atoms with Crippen molar-refractivity contribution in [3.05, 3.63) is 24.3 Å². The molecule has 0 aromatic carbocycles. The molecule has 0 aliphatic carbocycles. The Labute approximate surface area is 388 Å². The minimum Gasteiger partial charge on any atom is -0.394 e. The number of allylic oxidation sites excluding steroid dienone is 4. The van der Waals surface area contributed by atoms with Crippen LogP contribution in [0.3, 0.4) is 0 Å². The van der Waals surface area contributed by atoms with Crippen LogP contribution in [0.4, 0.5) is 0 Å². The molecule has 0 heterocycles. The normalized spacial score (nSPS) is 13.4. The summed E-state index contributed by atoms with van der Waals surface area (Å²) >= 11 is 0. The molecular weight excluding hydrogens is 763 g/mol. The van der Waals surface area contributed by atoms with E-state index < -0.39 is 18.2 Å². The molecule has 368 valence electrons. The van der Waals surface area contributed by atoms with Gasteiger partial charge in [-0.1, -0.05) is 276 Å². The first-order valence-corrected chi connectivity index (χ1v) is 28.1. The fourth-order valence-electron chi connectivity index (χ4n) is 8.95. The molecule has 0 aromatic rings. The van der Waals surface area contributed by atoms with Gasteiger partial charge in [-0.3, -0.25) is 4.79 Å². The second-order valence-electron chi connectivity index (χ2n) is 19.5. The highest BCUT2D eigenvalue weighted by Crippen LogP contribution is 2.18. The first kappa shape index (κ1) is 60.8. The zero-order chi connectivity index (χ0) is 45.1. The van der Waals surface area contributed by atoms with Gasteiger partial charge in [-0.15, -0.1) is 0 Å². The minimum atomic E-state index is -1.16. The average Bonchev–Trinajstić information content (AvgIpc) is 3.28. The summed E-state index contributed by atoms with van der Waals surface area (Å²) in [5, 5.41) is 33.7. The Balaban J connectivity index is 3.55. The zero-order valence-electron chi connectivity index (χ0n) is 42.0. The number of carbonyl (C=O) groups is 1. The quantitative estimate of drug-likeness (QED) is 0.0362. The first-order valence-electron chi connectivity index (χ1n) is 28.1. The van der Waals surface area contributed by atoms with E-state index in [-0.39, 0.29) is 12.5 Å². The maximum absolute atomic E-state index is 12.5. The van der Waals surface area contributed by atoms with Gasteiger partial charge in [0.1, 0.15) is 6.10 Å². The van der Waals surface area contributed by atoms with Crippen LogP contribution in [0, 0.1) is 0 Å². The number of unbranched alkanes of at least 4 members (excludes halogenated alkanes) is 40. The first-order chi connectivity index (χ1) is 30.6. The predicted octanol–water partition coefficient (Wildman–Crippen LogP) is 17.3. The summed E-state index contributed by atoms with van der Waals surface area (Å²) in [6.07, 6.45) is 66.2. The molecule has 0 bridgehead atoms. The Morgan fingerprint density at radius 1 is 0.387 bits per heavy atom. The van der Waals surface area contributed by atoms with Crippen molar-refractivity contribution in [3.8, 4) is 0 Å². The van der Waals surface area contributed by atoms with Crippen molar-refractivity contribution >= 4 is 5.91 Å². The molecule has 4 N–H and O–H groups in total. The number of amides is 1. The fourth-order valence-corrected chi connectivity index (χ4v) is 8.95. The molecule has 0 rings (SSSR count). The van der Waals surface area contributed by atoms with Gasteiger partial charge in [0.25, 0.3) is 0 Å². The third-order valence-corrected chi connectivity index (χ3v) is 13.3. The molecule has 0 saturated carbocycles. The van der Waals surface area contributed by atoms with E-state index in [0.717, 1.165) is 44.9 Å². The molecular formula is C57H111NO4. The highest BCUT2D eigenvalue weighted by Gasteiger charge is 2.26. The summed E-state index contributed by atoms with van der Waals surface area (Å²) < 4.78 is 0. The van der Waals surface area contributed by atoms with Crippen molar-refractivity contribution in [3.63, 3.8) is 0 Å². The molecule has 1 amide bonds. The molecule has 0 aromatic heterocycles. The van der Waals surface area contributed by atoms with E-state index in [1.165, 1.54) is 238 Å². The van der Waals surface area contributed by atoms with Crippen molar-refractivity contribution in [1.82, 2.24) is 5.32 Å². The van der Waals surface area contributed by atoms with Crippen LogP contribution in [-0.2, 0) is 4.79 Å². The number of aliphatic hydroxyl groups excluding tert-OH is 3. The number of rotatable bonds is 52. The molecule has 0 spiro atoms. The molecule has 0 aliphatic rings. The summed E-state index contributed by atoms with van der Waals surface area (Å²) in [4.78, 5) is 12.5. The van der Waals surface area contributed by atoms with Crippen molar-refractivity contribution in [2.75, 3.05) is 6.61 Å². The fraction of sp³-hybridized carbons (Fsp3) is 0.912. The van der Waals surface area contributed by atoms with Crippen LogP contribution in [0.5, 0.6) is 0 Å². The number of carbonyl (C=O) groups excluding carboxylic acids is 1. The lowest BCUT2D eigenvalue weighted by molar-refractivity contribution is -0.124. The van der Waals surface area contributed by atoms with Crippen molar-refractivity contribution in [2.24, 2.45) is 0 Å². The predicted molar refractivity (Wildman–Crippen MR) is 273 cm³/mol. The van der Waals surface area contributed by atoms with E-state index in [2.05, 4.69) is 43.5 Å². The second-order valence-corrected chi connectivity index (χ2v) is 19.5. The largest absolute Gasteiger partial charge is 0.394 e. The van der Waals surface area contributed by atoms with Crippen LogP contribution >= 0.6 is 0 Å². The van der Waals surface area contributed by atoms with Gasteiger partial charge in [-0.2, -0.15) is 0 Å². The van der Waals surface area contributed by atoms with Gasteiger partial charge >= 0.3 is 0 Å². The molecule has 5 heteroatoms. The molecule has 0 saturated heterocycles. The van der Waals surface area contributed by atoms with Gasteiger partial charge in [0.2, 0.25) is 5.91 Å². The van der Waals surface area contributed by atoms with Gasteiger partial charge in [-0.25, -0.2) is 0 Å². The molecule has 0 aliphatic heterocycles. The number of hydrogen-bond acceptors (Lipinski definition) is 4. The lowest BCUT2D eigenvalue weighted by atomic mass is 10.0. The van der Waals surface area contributed by atoms with Gasteiger partial charge in [0.15, 0.2) is 0 Å². The maximum atomic E-state index is 12.5. The van der Waals surface area contributed by atoms with Crippen LogP contribution in [0.2, 0.25) is 0 Å². The lowest BCUT2D eigenvalue weighted by Gasteiger charge is -2.26. The van der Waals surface area contributed by atoms with Crippen molar-refractivity contribution in [2.45, 2.75) is 327 Å². The molecule has 0 fully saturated rings. The smallest absolute Gasteiger partial charge is 0.220 e. The van der Waals surface area contributed by atoms with Crippen molar-refractivity contribution < 1.29 is 20.1 Å². The topological polar surface area (TPSA) is 89.8 Å². The van der Waals surface area contributed by atoms with E-state index in [9.17, 15) is 20.1 Å². The van der Waals surface area contributed by atoms with E-state index in [4.69, 9.17) is 0 Å². The average molecular weight is 875 g/mol. The molecule has 0 radical (unpaired) electrons. The number of nitrogens with one attached hydrogen (secondary N) is 1. The molecule has 3 atom stereocenters. The number of hydrogen-bond donors (Lipinski definition) is 4. The Morgan fingerprint density at radius 3 is 0.984 bits per heavy atom. The van der Waals surface area contributed by atoms with E-state index >= 15 is 0 Å². The van der Waals surface area contributed by atoms with E-state index in [0.29, 0.717) is 12.8 Å². The summed E-state index contributed by atoms with van der Waals surface area (Å²) in [6.45, 7) is 4.20.